The van der Waals surface area contributed by atoms with E-state index in [1.807, 2.05) is 47.6 Å². The van der Waals surface area contributed by atoms with Crippen molar-refractivity contribution in [1.82, 2.24) is 16.0 Å². The Hall–Kier alpha value is -2.02. The Morgan fingerprint density at radius 2 is 1.88 bits per heavy atom. The first-order chi connectivity index (χ1) is 11.4. The lowest BCUT2D eigenvalue weighted by atomic mass is 9.96. The molecule has 7 heteroatoms. The Labute approximate surface area is 150 Å². The van der Waals surface area contributed by atoms with Gasteiger partial charge in [-0.15, -0.1) is 0 Å². The van der Waals surface area contributed by atoms with E-state index in [1.54, 1.807) is 6.92 Å². The monoisotopic (exact) mass is 352 g/mol. The van der Waals surface area contributed by atoms with Gasteiger partial charge < -0.3 is 25.5 Å². The van der Waals surface area contributed by atoms with Crippen molar-refractivity contribution in [1.29, 1.82) is 0 Å². The SMILES string of the molecule is CCNC(=NCC(=O)NC(C)(C)C)NCC(C)(O)c1cc(C)oc1C. The summed E-state index contributed by atoms with van der Waals surface area (Å²) < 4.78 is 5.49. The van der Waals surface area contributed by atoms with E-state index in [-0.39, 0.29) is 24.5 Å². The summed E-state index contributed by atoms with van der Waals surface area (Å²) in [5, 5.41) is 19.8. The van der Waals surface area contributed by atoms with Crippen molar-refractivity contribution < 1.29 is 14.3 Å². The third-order valence-electron chi connectivity index (χ3n) is 3.46. The Bertz CT molecular complexity index is 612. The quantitative estimate of drug-likeness (QED) is 0.460. The van der Waals surface area contributed by atoms with Crippen LogP contribution in [0.2, 0.25) is 0 Å². The van der Waals surface area contributed by atoms with Gasteiger partial charge in [0.1, 0.15) is 23.7 Å². The molecule has 0 aliphatic rings. The fourth-order valence-electron chi connectivity index (χ4n) is 2.47. The molecule has 0 aliphatic heterocycles. The second-order valence-corrected chi connectivity index (χ2v) is 7.45. The van der Waals surface area contributed by atoms with Gasteiger partial charge in [-0.3, -0.25) is 4.79 Å². The molecule has 0 saturated carbocycles. The largest absolute Gasteiger partial charge is 0.466 e. The fourth-order valence-corrected chi connectivity index (χ4v) is 2.47. The number of furan rings is 1. The number of aliphatic imine (C=N–C) groups is 1. The summed E-state index contributed by atoms with van der Waals surface area (Å²) in [4.78, 5) is 16.2. The van der Waals surface area contributed by atoms with Gasteiger partial charge in [-0.2, -0.15) is 0 Å². The van der Waals surface area contributed by atoms with E-state index < -0.39 is 5.60 Å². The summed E-state index contributed by atoms with van der Waals surface area (Å²) in [7, 11) is 0. The van der Waals surface area contributed by atoms with Gasteiger partial charge in [-0.25, -0.2) is 4.99 Å². The van der Waals surface area contributed by atoms with Crippen molar-refractivity contribution in [3.8, 4) is 0 Å². The average molecular weight is 352 g/mol. The van der Waals surface area contributed by atoms with E-state index in [0.29, 0.717) is 18.3 Å². The molecule has 1 heterocycles. The van der Waals surface area contributed by atoms with Gasteiger partial charge in [0.2, 0.25) is 5.91 Å². The van der Waals surface area contributed by atoms with Crippen LogP contribution in [0.5, 0.6) is 0 Å². The van der Waals surface area contributed by atoms with Gasteiger partial charge in [0.05, 0.1) is 6.54 Å². The number of amides is 1. The van der Waals surface area contributed by atoms with Crippen molar-refractivity contribution in [3.63, 3.8) is 0 Å². The number of hydrogen-bond donors (Lipinski definition) is 4. The molecule has 142 valence electrons. The molecule has 0 aromatic carbocycles. The molecular formula is C18H32N4O3. The zero-order chi connectivity index (χ0) is 19.3. The maximum Gasteiger partial charge on any atom is 0.242 e. The van der Waals surface area contributed by atoms with E-state index in [4.69, 9.17) is 4.42 Å². The highest BCUT2D eigenvalue weighted by atomic mass is 16.3. The van der Waals surface area contributed by atoms with Gasteiger partial charge in [-0.05, 0) is 54.5 Å². The maximum absolute atomic E-state index is 11.9. The van der Waals surface area contributed by atoms with Gasteiger partial charge >= 0.3 is 0 Å². The molecule has 7 nitrogen and oxygen atoms in total. The van der Waals surface area contributed by atoms with Crippen molar-refractivity contribution in [3.05, 3.63) is 23.2 Å². The lowest BCUT2D eigenvalue weighted by Crippen LogP contribution is -2.46. The summed E-state index contributed by atoms with van der Waals surface area (Å²) in [6.07, 6.45) is 0. The molecule has 0 spiro atoms. The van der Waals surface area contributed by atoms with Crippen LogP contribution in [0.1, 0.15) is 51.7 Å². The summed E-state index contributed by atoms with van der Waals surface area (Å²) in [5.41, 5.74) is -0.677. The highest BCUT2D eigenvalue weighted by Gasteiger charge is 2.28. The van der Waals surface area contributed by atoms with Gasteiger partial charge in [-0.1, -0.05) is 0 Å². The lowest BCUT2D eigenvalue weighted by Gasteiger charge is -2.24. The summed E-state index contributed by atoms with van der Waals surface area (Å²) in [5.74, 6) is 1.77. The molecule has 1 unspecified atom stereocenters. The Kier molecular flexibility index (Phi) is 7.05. The maximum atomic E-state index is 11.9. The van der Waals surface area contributed by atoms with Crippen LogP contribution >= 0.6 is 0 Å². The van der Waals surface area contributed by atoms with Gasteiger partial charge in [0.15, 0.2) is 5.96 Å². The van der Waals surface area contributed by atoms with Crippen LogP contribution in [0.15, 0.2) is 15.5 Å². The molecule has 0 radical (unpaired) electrons. The highest BCUT2D eigenvalue weighted by molar-refractivity contribution is 5.85. The Morgan fingerprint density at radius 3 is 2.36 bits per heavy atom. The van der Waals surface area contributed by atoms with Crippen LogP contribution in [-0.4, -0.2) is 42.1 Å². The molecule has 1 aromatic heterocycles. The van der Waals surface area contributed by atoms with E-state index in [2.05, 4.69) is 20.9 Å². The Morgan fingerprint density at radius 1 is 1.24 bits per heavy atom. The number of aryl methyl sites for hydroxylation is 2. The minimum Gasteiger partial charge on any atom is -0.466 e. The molecule has 1 aromatic rings. The second kappa shape index (κ2) is 8.38. The minimum atomic E-state index is -1.12. The highest BCUT2D eigenvalue weighted by Crippen LogP contribution is 2.26. The number of aliphatic hydroxyl groups is 1. The van der Waals surface area contributed by atoms with Crippen LogP contribution in [0, 0.1) is 13.8 Å². The smallest absolute Gasteiger partial charge is 0.242 e. The number of guanidine groups is 1. The van der Waals surface area contributed by atoms with E-state index in [9.17, 15) is 9.90 Å². The summed E-state index contributed by atoms with van der Waals surface area (Å²) in [6, 6.07) is 1.83. The summed E-state index contributed by atoms with van der Waals surface area (Å²) >= 11 is 0. The molecule has 1 atom stereocenters. The first-order valence-electron chi connectivity index (χ1n) is 8.57. The van der Waals surface area contributed by atoms with Gasteiger partial charge in [0, 0.05) is 17.6 Å². The third-order valence-corrected chi connectivity index (χ3v) is 3.46. The molecule has 4 N–H and O–H groups in total. The lowest BCUT2D eigenvalue weighted by molar-refractivity contribution is -0.121. The first kappa shape index (κ1) is 21.0. The topological polar surface area (TPSA) is 98.9 Å². The molecule has 1 rings (SSSR count). The van der Waals surface area contributed by atoms with E-state index in [0.717, 1.165) is 11.3 Å². The molecular weight excluding hydrogens is 320 g/mol. The number of nitrogens with zero attached hydrogens (tertiary/aromatic N) is 1. The van der Waals surface area contributed by atoms with Crippen LogP contribution in [0.4, 0.5) is 0 Å². The number of nitrogens with one attached hydrogen (secondary N) is 3. The normalized spacial score (nSPS) is 14.8. The third kappa shape index (κ3) is 7.17. The molecule has 25 heavy (non-hydrogen) atoms. The van der Waals surface area contributed by atoms with Crippen molar-refractivity contribution >= 4 is 11.9 Å². The van der Waals surface area contributed by atoms with Crippen LogP contribution in [0.3, 0.4) is 0 Å². The van der Waals surface area contributed by atoms with Crippen molar-refractivity contribution in [2.75, 3.05) is 19.6 Å². The van der Waals surface area contributed by atoms with Crippen LogP contribution in [-0.2, 0) is 10.4 Å². The molecule has 0 aliphatic carbocycles. The minimum absolute atomic E-state index is 0.0125. The Balaban J connectivity index is 2.72. The van der Waals surface area contributed by atoms with E-state index in [1.165, 1.54) is 0 Å². The molecule has 0 saturated heterocycles. The van der Waals surface area contributed by atoms with E-state index >= 15 is 0 Å². The first-order valence-corrected chi connectivity index (χ1v) is 8.57. The number of carbonyl (C=O) groups is 1. The van der Waals surface area contributed by atoms with Crippen LogP contribution in [0.25, 0.3) is 0 Å². The zero-order valence-electron chi connectivity index (χ0n) is 16.4. The second-order valence-electron chi connectivity index (χ2n) is 7.45. The summed E-state index contributed by atoms with van der Waals surface area (Å²) in [6.45, 7) is 14.0. The molecule has 0 fully saturated rings. The standard InChI is InChI=1S/C18H32N4O3/c1-8-19-16(20-10-15(23)22-17(4,5)6)21-11-18(7,24)14-9-12(2)25-13(14)3/h9,24H,8,10-11H2,1-7H3,(H,22,23)(H2,19,20,21). The predicted molar refractivity (Wildman–Crippen MR) is 99.6 cm³/mol. The molecule has 0 bridgehead atoms. The predicted octanol–water partition coefficient (Wildman–Crippen LogP) is 1.57. The average Bonchev–Trinajstić information content (AvgIpc) is 2.80. The number of carbonyl (C=O) groups excluding carboxylic acids is 1. The molecule has 1 amide bonds. The zero-order valence-corrected chi connectivity index (χ0v) is 16.4. The number of rotatable bonds is 6. The van der Waals surface area contributed by atoms with Crippen molar-refractivity contribution in [2.24, 2.45) is 4.99 Å². The van der Waals surface area contributed by atoms with Crippen molar-refractivity contribution in [2.45, 2.75) is 59.6 Å². The van der Waals surface area contributed by atoms with Gasteiger partial charge in [0.25, 0.3) is 0 Å². The number of hydrogen-bond acceptors (Lipinski definition) is 4. The van der Waals surface area contributed by atoms with Crippen LogP contribution < -0.4 is 16.0 Å². The fraction of sp³-hybridized carbons (Fsp3) is 0.667.